The number of alkyl halides is 3. The molecule has 2 aromatic heterocycles. The van der Waals surface area contributed by atoms with Crippen molar-refractivity contribution in [3.63, 3.8) is 0 Å². The Kier molecular flexibility index (Phi) is 4.89. The third-order valence-electron chi connectivity index (χ3n) is 3.96. The molecule has 0 spiro atoms. The van der Waals surface area contributed by atoms with E-state index in [0.717, 1.165) is 6.07 Å². The van der Waals surface area contributed by atoms with E-state index in [4.69, 9.17) is 17.3 Å². The van der Waals surface area contributed by atoms with Gasteiger partial charge in [-0.1, -0.05) is 23.7 Å². The maximum absolute atomic E-state index is 13.2. The molecule has 1 aromatic carbocycles. The number of amides is 1. The van der Waals surface area contributed by atoms with Gasteiger partial charge in [0.1, 0.15) is 5.69 Å². The second-order valence-corrected chi connectivity index (χ2v) is 6.19. The van der Waals surface area contributed by atoms with Gasteiger partial charge in [-0.15, -0.1) is 0 Å². The van der Waals surface area contributed by atoms with Crippen molar-refractivity contribution in [2.24, 2.45) is 5.73 Å². The molecule has 1 amide bonds. The smallest absolute Gasteiger partial charge is 0.366 e. The number of aromatic nitrogens is 2. The van der Waals surface area contributed by atoms with Gasteiger partial charge in [0.2, 0.25) is 0 Å². The highest BCUT2D eigenvalue weighted by atomic mass is 35.5. The van der Waals surface area contributed by atoms with Gasteiger partial charge in [0, 0.05) is 16.8 Å². The zero-order valence-electron chi connectivity index (χ0n) is 14.0. The molecule has 0 radical (unpaired) electrons. The molecule has 3 aromatic rings. The van der Waals surface area contributed by atoms with Gasteiger partial charge in [-0.25, -0.2) is 4.98 Å². The molecule has 0 bridgehead atoms. The fourth-order valence-electron chi connectivity index (χ4n) is 2.77. The van der Waals surface area contributed by atoms with Gasteiger partial charge in [0.15, 0.2) is 0 Å². The van der Waals surface area contributed by atoms with Crippen LogP contribution in [0.3, 0.4) is 0 Å². The third-order valence-corrected chi connectivity index (χ3v) is 4.28. The zero-order valence-corrected chi connectivity index (χ0v) is 14.8. The van der Waals surface area contributed by atoms with Crippen LogP contribution in [0.4, 0.5) is 13.2 Å². The van der Waals surface area contributed by atoms with Crippen molar-refractivity contribution in [3.8, 4) is 22.4 Å². The van der Waals surface area contributed by atoms with Crippen LogP contribution >= 0.6 is 11.6 Å². The Balaban J connectivity index is 2.27. The standard InChI is InChI=1S/C19H13ClF3N3O/c1-10-17(18(24)27)12(9-16(26-10)19(21,22)23)11-5-6-14(20)13(8-11)15-4-2-3-7-25-15/h2-9H,1H3,(H2,24,27). The van der Waals surface area contributed by atoms with Crippen molar-refractivity contribution in [2.75, 3.05) is 0 Å². The monoisotopic (exact) mass is 391 g/mol. The number of hydrogen-bond acceptors (Lipinski definition) is 3. The predicted octanol–water partition coefficient (Wildman–Crippen LogP) is 4.89. The van der Waals surface area contributed by atoms with Gasteiger partial charge in [-0.3, -0.25) is 9.78 Å². The maximum atomic E-state index is 13.2. The number of hydrogen-bond donors (Lipinski definition) is 1. The second kappa shape index (κ2) is 7.00. The lowest BCUT2D eigenvalue weighted by Gasteiger charge is -2.15. The fraction of sp³-hybridized carbons (Fsp3) is 0.105. The van der Waals surface area contributed by atoms with E-state index in [1.165, 1.54) is 19.1 Å². The molecule has 0 aliphatic rings. The van der Waals surface area contributed by atoms with Crippen molar-refractivity contribution < 1.29 is 18.0 Å². The Morgan fingerprint density at radius 1 is 1.11 bits per heavy atom. The van der Waals surface area contributed by atoms with Crippen molar-refractivity contribution in [2.45, 2.75) is 13.1 Å². The molecule has 2 N–H and O–H groups in total. The summed E-state index contributed by atoms with van der Waals surface area (Å²) in [4.78, 5) is 19.6. The van der Waals surface area contributed by atoms with E-state index in [-0.39, 0.29) is 16.8 Å². The van der Waals surface area contributed by atoms with E-state index < -0.39 is 17.8 Å². The lowest BCUT2D eigenvalue weighted by atomic mass is 9.95. The highest BCUT2D eigenvalue weighted by molar-refractivity contribution is 6.33. The van der Waals surface area contributed by atoms with E-state index in [2.05, 4.69) is 9.97 Å². The van der Waals surface area contributed by atoms with E-state index in [0.29, 0.717) is 21.8 Å². The molecule has 2 heterocycles. The summed E-state index contributed by atoms with van der Waals surface area (Å²) in [5, 5.41) is 0.375. The molecule has 0 fully saturated rings. The summed E-state index contributed by atoms with van der Waals surface area (Å²) >= 11 is 6.23. The van der Waals surface area contributed by atoms with Crippen LogP contribution < -0.4 is 5.73 Å². The Morgan fingerprint density at radius 3 is 2.44 bits per heavy atom. The lowest BCUT2D eigenvalue weighted by molar-refractivity contribution is -0.141. The molecular weight excluding hydrogens is 379 g/mol. The number of halogens is 4. The number of benzene rings is 1. The number of primary amides is 1. The summed E-state index contributed by atoms with van der Waals surface area (Å²) in [6, 6.07) is 10.7. The number of nitrogens with two attached hydrogens (primary N) is 1. The number of pyridine rings is 2. The molecule has 3 rings (SSSR count). The average Bonchev–Trinajstić information content (AvgIpc) is 2.61. The molecule has 0 aliphatic carbocycles. The van der Waals surface area contributed by atoms with Crippen LogP contribution in [0.2, 0.25) is 5.02 Å². The lowest BCUT2D eigenvalue weighted by Crippen LogP contribution is -2.18. The summed E-state index contributed by atoms with van der Waals surface area (Å²) in [5.41, 5.74) is 5.58. The Hall–Kier alpha value is -2.93. The predicted molar refractivity (Wildman–Crippen MR) is 96.2 cm³/mol. The minimum Gasteiger partial charge on any atom is -0.366 e. The highest BCUT2D eigenvalue weighted by Crippen LogP contribution is 2.36. The second-order valence-electron chi connectivity index (χ2n) is 5.79. The van der Waals surface area contributed by atoms with Crippen molar-refractivity contribution in [3.05, 3.63) is 70.6 Å². The average molecular weight is 392 g/mol. The molecule has 0 aliphatic heterocycles. The Bertz CT molecular complexity index is 1020. The van der Waals surface area contributed by atoms with Gasteiger partial charge in [-0.05, 0) is 48.4 Å². The number of carbonyl (C=O) groups is 1. The van der Waals surface area contributed by atoms with Crippen LogP contribution in [-0.2, 0) is 6.18 Å². The molecule has 0 unspecified atom stereocenters. The summed E-state index contributed by atoms with van der Waals surface area (Å²) in [5.74, 6) is -0.863. The van der Waals surface area contributed by atoms with E-state index in [1.54, 1.807) is 30.5 Å². The minimum absolute atomic E-state index is 0.0381. The van der Waals surface area contributed by atoms with E-state index >= 15 is 0 Å². The van der Waals surface area contributed by atoms with E-state index in [1.807, 2.05) is 0 Å². The van der Waals surface area contributed by atoms with Gasteiger partial charge in [0.25, 0.3) is 5.91 Å². The SMILES string of the molecule is Cc1nc(C(F)(F)F)cc(-c2ccc(Cl)c(-c3ccccn3)c2)c1C(N)=O. The Labute approximate surface area is 157 Å². The van der Waals surface area contributed by atoms with Gasteiger partial charge in [-0.2, -0.15) is 13.2 Å². The molecular formula is C19H13ClF3N3O. The quantitative estimate of drug-likeness (QED) is 0.691. The topological polar surface area (TPSA) is 68.9 Å². The minimum atomic E-state index is -4.66. The largest absolute Gasteiger partial charge is 0.433 e. The number of carbonyl (C=O) groups excluding carboxylic acids is 1. The summed E-state index contributed by atoms with van der Waals surface area (Å²) in [6.45, 7) is 1.31. The third kappa shape index (κ3) is 3.78. The fourth-order valence-corrected chi connectivity index (χ4v) is 2.98. The van der Waals surface area contributed by atoms with Crippen molar-refractivity contribution >= 4 is 17.5 Å². The van der Waals surface area contributed by atoms with Gasteiger partial charge >= 0.3 is 6.18 Å². The normalized spacial score (nSPS) is 11.4. The van der Waals surface area contributed by atoms with Gasteiger partial charge in [0.05, 0.1) is 17.0 Å². The maximum Gasteiger partial charge on any atom is 0.433 e. The van der Waals surface area contributed by atoms with Crippen LogP contribution in [0.1, 0.15) is 21.7 Å². The summed E-state index contributed by atoms with van der Waals surface area (Å²) in [7, 11) is 0. The number of nitrogens with zero attached hydrogens (tertiary/aromatic N) is 2. The molecule has 27 heavy (non-hydrogen) atoms. The van der Waals surface area contributed by atoms with Crippen LogP contribution in [-0.4, -0.2) is 15.9 Å². The Morgan fingerprint density at radius 2 is 1.85 bits per heavy atom. The van der Waals surface area contributed by atoms with Crippen LogP contribution in [0.15, 0.2) is 48.7 Å². The van der Waals surface area contributed by atoms with Gasteiger partial charge < -0.3 is 5.73 Å². The number of rotatable bonds is 3. The van der Waals surface area contributed by atoms with Crippen molar-refractivity contribution in [1.29, 1.82) is 0 Å². The molecule has 138 valence electrons. The zero-order chi connectivity index (χ0) is 19.8. The first-order valence-electron chi connectivity index (χ1n) is 7.78. The first-order valence-corrected chi connectivity index (χ1v) is 8.16. The van der Waals surface area contributed by atoms with Crippen LogP contribution in [0.25, 0.3) is 22.4 Å². The molecule has 4 nitrogen and oxygen atoms in total. The molecule has 0 saturated heterocycles. The summed E-state index contributed by atoms with van der Waals surface area (Å²) in [6.07, 6.45) is -3.09. The highest BCUT2D eigenvalue weighted by Gasteiger charge is 2.34. The first kappa shape index (κ1) is 18.8. The van der Waals surface area contributed by atoms with Crippen molar-refractivity contribution in [1.82, 2.24) is 9.97 Å². The van der Waals surface area contributed by atoms with Crippen LogP contribution in [0.5, 0.6) is 0 Å². The molecule has 0 saturated carbocycles. The number of aryl methyl sites for hydroxylation is 1. The first-order chi connectivity index (χ1) is 12.7. The van der Waals surface area contributed by atoms with Crippen LogP contribution in [0, 0.1) is 6.92 Å². The summed E-state index contributed by atoms with van der Waals surface area (Å²) < 4.78 is 39.6. The molecule has 8 heteroatoms. The molecule has 0 atom stereocenters. The van der Waals surface area contributed by atoms with E-state index in [9.17, 15) is 18.0 Å².